The maximum Gasteiger partial charge on any atom is 0.138 e. The smallest absolute Gasteiger partial charge is 0.138 e. The molecule has 0 amide bonds. The van der Waals surface area contributed by atoms with Crippen molar-refractivity contribution in [1.29, 1.82) is 0 Å². The van der Waals surface area contributed by atoms with Crippen molar-refractivity contribution in [2.75, 3.05) is 12.8 Å². The molecule has 0 saturated heterocycles. The largest absolute Gasteiger partial charge is 0.314 e. The van der Waals surface area contributed by atoms with Crippen LogP contribution in [0.3, 0.4) is 0 Å². The van der Waals surface area contributed by atoms with Gasteiger partial charge < -0.3 is 5.32 Å². The molecular weight excluding hydrogens is 254 g/mol. The van der Waals surface area contributed by atoms with Crippen LogP contribution >= 0.6 is 11.8 Å². The van der Waals surface area contributed by atoms with Gasteiger partial charge in [-0.25, -0.2) is 9.97 Å². The predicted octanol–water partition coefficient (Wildman–Crippen LogP) is 3.00. The Bertz CT molecular complexity index is 366. The van der Waals surface area contributed by atoms with Crippen molar-refractivity contribution in [1.82, 2.24) is 15.3 Å². The first-order valence-electron chi connectivity index (χ1n) is 7.22. The molecule has 1 N–H and O–H groups in total. The van der Waals surface area contributed by atoms with E-state index in [0.29, 0.717) is 6.04 Å². The lowest BCUT2D eigenvalue weighted by Crippen LogP contribution is -2.26. The highest BCUT2D eigenvalue weighted by Crippen LogP contribution is 2.16. The highest BCUT2D eigenvalue weighted by molar-refractivity contribution is 7.97. The van der Waals surface area contributed by atoms with Gasteiger partial charge in [0.05, 0.1) is 5.75 Å². The van der Waals surface area contributed by atoms with Crippen molar-refractivity contribution >= 4 is 11.8 Å². The molecule has 0 saturated carbocycles. The second kappa shape index (κ2) is 8.54. The van der Waals surface area contributed by atoms with Crippen LogP contribution in [-0.2, 0) is 25.0 Å². The zero-order valence-electron chi connectivity index (χ0n) is 12.9. The van der Waals surface area contributed by atoms with Crippen LogP contribution in [0.2, 0.25) is 0 Å². The van der Waals surface area contributed by atoms with Gasteiger partial charge in [-0.3, -0.25) is 0 Å². The Balaban J connectivity index is 2.92. The molecule has 0 fully saturated rings. The summed E-state index contributed by atoms with van der Waals surface area (Å²) in [5.74, 6) is 1.90. The van der Waals surface area contributed by atoms with E-state index in [9.17, 15) is 0 Å². The molecule has 0 aliphatic carbocycles. The molecule has 0 bridgehead atoms. The van der Waals surface area contributed by atoms with Crippen molar-refractivity contribution in [3.8, 4) is 0 Å². The van der Waals surface area contributed by atoms with E-state index in [0.717, 1.165) is 37.4 Å². The highest BCUT2D eigenvalue weighted by atomic mass is 32.2. The minimum Gasteiger partial charge on any atom is -0.314 e. The summed E-state index contributed by atoms with van der Waals surface area (Å²) < 4.78 is 0. The van der Waals surface area contributed by atoms with E-state index in [1.54, 1.807) is 11.8 Å². The third-order valence-corrected chi connectivity index (χ3v) is 3.64. The summed E-state index contributed by atoms with van der Waals surface area (Å²) in [5, 5.41) is 3.48. The van der Waals surface area contributed by atoms with Crippen LogP contribution in [0.5, 0.6) is 0 Å². The molecule has 0 aliphatic heterocycles. The number of hydrogen-bond acceptors (Lipinski definition) is 4. The van der Waals surface area contributed by atoms with E-state index in [2.05, 4.69) is 39.3 Å². The fourth-order valence-corrected chi connectivity index (χ4v) is 2.58. The first kappa shape index (κ1) is 16.4. The molecule has 4 heteroatoms. The summed E-state index contributed by atoms with van der Waals surface area (Å²) in [6, 6.07) is 0.534. The summed E-state index contributed by atoms with van der Waals surface area (Å²) in [7, 11) is 0. The molecular formula is C15H27N3S. The molecule has 0 spiro atoms. The van der Waals surface area contributed by atoms with E-state index in [4.69, 9.17) is 9.97 Å². The third-order valence-electron chi connectivity index (χ3n) is 3.10. The van der Waals surface area contributed by atoms with Crippen LogP contribution in [0.1, 0.15) is 50.5 Å². The zero-order valence-corrected chi connectivity index (χ0v) is 13.7. The van der Waals surface area contributed by atoms with Crippen LogP contribution in [0.15, 0.2) is 0 Å². The van der Waals surface area contributed by atoms with Crippen LogP contribution in [0.25, 0.3) is 0 Å². The maximum atomic E-state index is 4.73. The Morgan fingerprint density at radius 1 is 1.11 bits per heavy atom. The molecule has 0 unspecified atom stereocenters. The number of aryl methyl sites for hydroxylation is 2. The first-order valence-corrected chi connectivity index (χ1v) is 8.61. The molecule has 108 valence electrons. The lowest BCUT2D eigenvalue weighted by atomic mass is 10.0. The summed E-state index contributed by atoms with van der Waals surface area (Å²) in [5.41, 5.74) is 3.84. The number of nitrogens with one attached hydrogen (secondary N) is 1. The zero-order chi connectivity index (χ0) is 14.3. The molecule has 1 rings (SSSR count). The molecule has 1 aromatic heterocycles. The van der Waals surface area contributed by atoms with Crippen molar-refractivity contribution in [2.24, 2.45) is 0 Å². The van der Waals surface area contributed by atoms with Gasteiger partial charge in [0.2, 0.25) is 0 Å². The second-order valence-electron chi connectivity index (χ2n) is 5.01. The number of rotatable bonds is 8. The fourth-order valence-electron chi connectivity index (χ4n) is 2.19. The standard InChI is InChI=1S/C15H27N3S/c1-6-13-12(8-9-16-11(3)4)14(7-2)18-15(17-13)10-19-5/h11,16H,6-10H2,1-5H3. The highest BCUT2D eigenvalue weighted by Gasteiger charge is 2.12. The summed E-state index contributed by atoms with van der Waals surface area (Å²) in [6.45, 7) is 9.73. The van der Waals surface area contributed by atoms with Crippen molar-refractivity contribution in [3.05, 3.63) is 22.8 Å². The van der Waals surface area contributed by atoms with Gasteiger partial charge in [-0.2, -0.15) is 11.8 Å². The normalized spacial score (nSPS) is 11.3. The lowest BCUT2D eigenvalue weighted by Gasteiger charge is -2.15. The fraction of sp³-hybridized carbons (Fsp3) is 0.733. The van der Waals surface area contributed by atoms with E-state index < -0.39 is 0 Å². The first-order chi connectivity index (χ1) is 9.12. The Morgan fingerprint density at radius 3 is 2.11 bits per heavy atom. The topological polar surface area (TPSA) is 37.8 Å². The Morgan fingerprint density at radius 2 is 1.68 bits per heavy atom. The van der Waals surface area contributed by atoms with Gasteiger partial charge in [-0.1, -0.05) is 27.7 Å². The molecule has 19 heavy (non-hydrogen) atoms. The van der Waals surface area contributed by atoms with Gasteiger partial charge in [-0.05, 0) is 37.6 Å². The molecule has 0 aliphatic rings. The van der Waals surface area contributed by atoms with E-state index in [1.165, 1.54) is 17.0 Å². The number of nitrogens with zero attached hydrogens (tertiary/aromatic N) is 2. The van der Waals surface area contributed by atoms with Gasteiger partial charge in [0, 0.05) is 17.4 Å². The SMILES string of the molecule is CCc1nc(CSC)nc(CC)c1CCNC(C)C. The summed E-state index contributed by atoms with van der Waals surface area (Å²) in [4.78, 5) is 9.46. The van der Waals surface area contributed by atoms with Gasteiger partial charge in [0.15, 0.2) is 0 Å². The van der Waals surface area contributed by atoms with Crippen LogP contribution in [0, 0.1) is 0 Å². The summed E-state index contributed by atoms with van der Waals surface area (Å²) >= 11 is 1.78. The predicted molar refractivity (Wildman–Crippen MR) is 84.8 cm³/mol. The number of aromatic nitrogens is 2. The van der Waals surface area contributed by atoms with Gasteiger partial charge in [0.1, 0.15) is 5.82 Å². The molecule has 1 aromatic rings. The minimum atomic E-state index is 0.534. The molecule has 3 nitrogen and oxygen atoms in total. The van der Waals surface area contributed by atoms with Crippen molar-refractivity contribution in [2.45, 2.75) is 58.8 Å². The Hall–Kier alpha value is -0.610. The van der Waals surface area contributed by atoms with Crippen LogP contribution < -0.4 is 5.32 Å². The van der Waals surface area contributed by atoms with E-state index in [1.807, 2.05) is 0 Å². The summed E-state index contributed by atoms with van der Waals surface area (Å²) in [6.07, 6.45) is 5.12. The third kappa shape index (κ3) is 5.11. The number of hydrogen-bond donors (Lipinski definition) is 1. The molecule has 0 radical (unpaired) electrons. The van der Waals surface area contributed by atoms with Gasteiger partial charge in [0.25, 0.3) is 0 Å². The van der Waals surface area contributed by atoms with Crippen molar-refractivity contribution in [3.63, 3.8) is 0 Å². The Kier molecular flexibility index (Phi) is 7.39. The van der Waals surface area contributed by atoms with Crippen molar-refractivity contribution < 1.29 is 0 Å². The van der Waals surface area contributed by atoms with Crippen LogP contribution in [-0.4, -0.2) is 28.8 Å². The molecule has 0 atom stereocenters. The monoisotopic (exact) mass is 281 g/mol. The van der Waals surface area contributed by atoms with Gasteiger partial charge in [-0.15, -0.1) is 0 Å². The quantitative estimate of drug-likeness (QED) is 0.795. The number of thioether (sulfide) groups is 1. The molecule has 1 heterocycles. The Labute approximate surface area is 122 Å². The lowest BCUT2D eigenvalue weighted by molar-refractivity contribution is 0.586. The van der Waals surface area contributed by atoms with E-state index in [-0.39, 0.29) is 0 Å². The molecule has 0 aromatic carbocycles. The maximum absolute atomic E-state index is 4.73. The average molecular weight is 281 g/mol. The minimum absolute atomic E-state index is 0.534. The van der Waals surface area contributed by atoms with Crippen LogP contribution in [0.4, 0.5) is 0 Å². The van der Waals surface area contributed by atoms with Gasteiger partial charge >= 0.3 is 0 Å². The average Bonchev–Trinajstić information content (AvgIpc) is 2.39. The second-order valence-corrected chi connectivity index (χ2v) is 5.88. The van der Waals surface area contributed by atoms with E-state index >= 15 is 0 Å².